The molecule has 0 spiro atoms. The molecule has 0 aliphatic rings. The minimum atomic E-state index is 0.984. The molecule has 0 amide bonds. The topological polar surface area (TPSA) is 17.8 Å². The molecule has 1 aromatic heterocycles. The highest BCUT2D eigenvalue weighted by molar-refractivity contribution is 6.21. The number of aromatic nitrogens is 2. The Morgan fingerprint density at radius 1 is 0.396 bits per heavy atom. The number of imidazole rings is 1. The zero-order valence-corrected chi connectivity index (χ0v) is 26.6. The van der Waals surface area contributed by atoms with Crippen LogP contribution in [0.4, 0.5) is 0 Å². The summed E-state index contributed by atoms with van der Waals surface area (Å²) in [6, 6.07) is 63.5. The quantitative estimate of drug-likeness (QED) is 0.177. The SMILES string of the molecule is Cc1nc2ccccc2n1-c1ccc(-c2c3ccccc3c(-c3ccc(-c4ccccc4)c(-c4ccccc4)c3)c3ccccc23)cc1. The van der Waals surface area contributed by atoms with Crippen molar-refractivity contribution >= 4 is 32.6 Å². The summed E-state index contributed by atoms with van der Waals surface area (Å²) < 4.78 is 2.24. The van der Waals surface area contributed by atoms with Crippen molar-refractivity contribution in [3.63, 3.8) is 0 Å². The largest absolute Gasteiger partial charge is 0.297 e. The standard InChI is InChI=1S/C46H32N2/c1-31-47-43-22-12-13-23-44(43)48(31)36-27-24-34(25-28-36)45-38-18-8-10-20-40(38)46(41-21-11-9-19-39(41)45)35-26-29-37(32-14-4-2-5-15-32)42(30-35)33-16-6-3-7-17-33/h2-30H,1H3. The van der Waals surface area contributed by atoms with E-state index in [2.05, 4.69) is 181 Å². The average Bonchev–Trinajstić information content (AvgIpc) is 3.50. The van der Waals surface area contributed by atoms with Crippen LogP contribution in [0.5, 0.6) is 0 Å². The summed E-state index contributed by atoms with van der Waals surface area (Å²) in [5.41, 5.74) is 13.1. The lowest BCUT2D eigenvalue weighted by Crippen LogP contribution is -1.97. The molecule has 0 unspecified atom stereocenters. The second kappa shape index (κ2) is 11.5. The fourth-order valence-electron chi connectivity index (χ4n) is 7.43. The number of hydrogen-bond acceptors (Lipinski definition) is 1. The first-order chi connectivity index (χ1) is 23.7. The average molecular weight is 613 g/mol. The Hall–Kier alpha value is -6.25. The third kappa shape index (κ3) is 4.61. The van der Waals surface area contributed by atoms with Gasteiger partial charge >= 0.3 is 0 Å². The second-order valence-electron chi connectivity index (χ2n) is 12.4. The number of hydrogen-bond donors (Lipinski definition) is 0. The molecule has 2 nitrogen and oxygen atoms in total. The molecule has 9 rings (SSSR count). The molecule has 9 aromatic rings. The highest BCUT2D eigenvalue weighted by atomic mass is 15.1. The Balaban J connectivity index is 1.26. The first-order valence-corrected chi connectivity index (χ1v) is 16.5. The van der Waals surface area contributed by atoms with Crippen LogP contribution in [0.2, 0.25) is 0 Å². The third-order valence-electron chi connectivity index (χ3n) is 9.55. The molecule has 0 radical (unpaired) electrons. The fourth-order valence-corrected chi connectivity index (χ4v) is 7.43. The summed E-state index contributed by atoms with van der Waals surface area (Å²) in [7, 11) is 0. The van der Waals surface area contributed by atoms with E-state index in [0.717, 1.165) is 22.5 Å². The summed E-state index contributed by atoms with van der Waals surface area (Å²) in [5.74, 6) is 0.984. The first kappa shape index (κ1) is 28.0. The highest BCUT2D eigenvalue weighted by Crippen LogP contribution is 2.45. The number of para-hydroxylation sites is 2. The van der Waals surface area contributed by atoms with Gasteiger partial charge in [-0.2, -0.15) is 0 Å². The van der Waals surface area contributed by atoms with Crippen LogP contribution in [0.15, 0.2) is 176 Å². The van der Waals surface area contributed by atoms with E-state index in [-0.39, 0.29) is 0 Å². The van der Waals surface area contributed by atoms with Crippen LogP contribution < -0.4 is 0 Å². The molecule has 226 valence electrons. The molecule has 0 bridgehead atoms. The van der Waals surface area contributed by atoms with Gasteiger partial charge in [-0.25, -0.2) is 4.98 Å². The van der Waals surface area contributed by atoms with Crippen LogP contribution in [-0.2, 0) is 0 Å². The van der Waals surface area contributed by atoms with Crippen LogP contribution in [0, 0.1) is 6.92 Å². The van der Waals surface area contributed by atoms with Crippen LogP contribution in [0.1, 0.15) is 5.82 Å². The van der Waals surface area contributed by atoms with Gasteiger partial charge in [-0.05, 0) is 103 Å². The van der Waals surface area contributed by atoms with Gasteiger partial charge in [0.05, 0.1) is 11.0 Å². The van der Waals surface area contributed by atoms with Crippen molar-refractivity contribution in [1.82, 2.24) is 9.55 Å². The maximum Gasteiger partial charge on any atom is 0.111 e. The summed E-state index contributed by atoms with van der Waals surface area (Å²) in [5, 5.41) is 4.99. The van der Waals surface area contributed by atoms with Crippen molar-refractivity contribution in [3.8, 4) is 50.2 Å². The predicted octanol–water partition coefficient (Wildman–Crippen LogP) is 12.3. The van der Waals surface area contributed by atoms with Crippen molar-refractivity contribution in [2.75, 3.05) is 0 Å². The van der Waals surface area contributed by atoms with Crippen molar-refractivity contribution in [3.05, 3.63) is 182 Å². The second-order valence-corrected chi connectivity index (χ2v) is 12.4. The molecule has 8 aromatic carbocycles. The molecule has 1 heterocycles. The van der Waals surface area contributed by atoms with E-state index in [1.165, 1.54) is 66.1 Å². The normalized spacial score (nSPS) is 11.4. The van der Waals surface area contributed by atoms with Crippen molar-refractivity contribution in [1.29, 1.82) is 0 Å². The van der Waals surface area contributed by atoms with Crippen molar-refractivity contribution in [2.45, 2.75) is 6.92 Å². The Morgan fingerprint density at radius 2 is 0.875 bits per heavy atom. The van der Waals surface area contributed by atoms with Gasteiger partial charge in [-0.15, -0.1) is 0 Å². The van der Waals surface area contributed by atoms with E-state index in [4.69, 9.17) is 4.98 Å². The Morgan fingerprint density at radius 3 is 1.48 bits per heavy atom. The lowest BCUT2D eigenvalue weighted by molar-refractivity contribution is 1.00. The Kier molecular flexibility index (Phi) is 6.72. The Bertz CT molecular complexity index is 2540. The van der Waals surface area contributed by atoms with E-state index in [0.29, 0.717) is 0 Å². The maximum absolute atomic E-state index is 4.80. The predicted molar refractivity (Wildman–Crippen MR) is 203 cm³/mol. The molecule has 0 saturated heterocycles. The lowest BCUT2D eigenvalue weighted by atomic mass is 9.84. The van der Waals surface area contributed by atoms with Crippen LogP contribution >= 0.6 is 0 Å². The molecular formula is C46H32N2. The maximum atomic E-state index is 4.80. The monoisotopic (exact) mass is 612 g/mol. The van der Waals surface area contributed by atoms with Crippen molar-refractivity contribution < 1.29 is 0 Å². The number of nitrogens with zero attached hydrogens (tertiary/aromatic N) is 2. The van der Waals surface area contributed by atoms with E-state index >= 15 is 0 Å². The molecular weight excluding hydrogens is 581 g/mol. The molecule has 0 aliphatic heterocycles. The molecule has 2 heteroatoms. The lowest BCUT2D eigenvalue weighted by Gasteiger charge is -2.19. The number of aryl methyl sites for hydroxylation is 1. The third-order valence-corrected chi connectivity index (χ3v) is 9.55. The van der Waals surface area contributed by atoms with Gasteiger partial charge in [-0.1, -0.05) is 146 Å². The highest BCUT2D eigenvalue weighted by Gasteiger charge is 2.18. The summed E-state index contributed by atoms with van der Waals surface area (Å²) in [4.78, 5) is 4.80. The van der Waals surface area contributed by atoms with Crippen LogP contribution in [0.3, 0.4) is 0 Å². The van der Waals surface area contributed by atoms with Gasteiger partial charge in [0.25, 0.3) is 0 Å². The van der Waals surface area contributed by atoms with Gasteiger partial charge in [-0.3, -0.25) is 4.57 Å². The van der Waals surface area contributed by atoms with Gasteiger partial charge < -0.3 is 0 Å². The first-order valence-electron chi connectivity index (χ1n) is 16.5. The summed E-state index contributed by atoms with van der Waals surface area (Å²) in [6.07, 6.45) is 0. The summed E-state index contributed by atoms with van der Waals surface area (Å²) >= 11 is 0. The van der Waals surface area contributed by atoms with Gasteiger partial charge in [0.1, 0.15) is 5.82 Å². The van der Waals surface area contributed by atoms with Gasteiger partial charge in [0.15, 0.2) is 0 Å². The van der Waals surface area contributed by atoms with E-state index in [9.17, 15) is 0 Å². The van der Waals surface area contributed by atoms with E-state index in [1.54, 1.807) is 0 Å². The zero-order valence-electron chi connectivity index (χ0n) is 26.6. The molecule has 0 N–H and O–H groups in total. The van der Waals surface area contributed by atoms with E-state index in [1.807, 2.05) is 6.07 Å². The zero-order chi connectivity index (χ0) is 32.0. The molecule has 48 heavy (non-hydrogen) atoms. The fraction of sp³-hybridized carbons (Fsp3) is 0.0217. The molecule has 0 fully saturated rings. The number of fused-ring (bicyclic) bond motifs is 3. The number of rotatable bonds is 5. The smallest absolute Gasteiger partial charge is 0.111 e. The minimum absolute atomic E-state index is 0.984. The van der Waals surface area contributed by atoms with Crippen molar-refractivity contribution in [2.24, 2.45) is 0 Å². The molecule has 0 aliphatic carbocycles. The Labute approximate surface area is 280 Å². The molecule has 0 saturated carbocycles. The van der Waals surface area contributed by atoms with Crippen LogP contribution in [-0.4, -0.2) is 9.55 Å². The van der Waals surface area contributed by atoms with Crippen LogP contribution in [0.25, 0.3) is 82.8 Å². The van der Waals surface area contributed by atoms with Gasteiger partial charge in [0.2, 0.25) is 0 Å². The van der Waals surface area contributed by atoms with E-state index < -0.39 is 0 Å². The minimum Gasteiger partial charge on any atom is -0.297 e. The van der Waals surface area contributed by atoms with Gasteiger partial charge in [0, 0.05) is 5.69 Å². The molecule has 0 atom stereocenters. The summed E-state index contributed by atoms with van der Waals surface area (Å²) in [6.45, 7) is 2.07. The number of benzene rings is 8.